The molecule has 0 N–H and O–H groups in total. The van der Waals surface area contributed by atoms with Gasteiger partial charge in [-0.15, -0.1) is 0 Å². The van der Waals surface area contributed by atoms with E-state index in [2.05, 4.69) is 60.2 Å². The van der Waals surface area contributed by atoms with Crippen molar-refractivity contribution in [2.75, 3.05) is 0 Å². The fourth-order valence-electron chi connectivity index (χ4n) is 6.29. The largest absolute Gasteiger partial charge is 0.299 e. The van der Waals surface area contributed by atoms with Gasteiger partial charge in [0.05, 0.1) is 17.6 Å². The van der Waals surface area contributed by atoms with E-state index in [1.54, 1.807) is 12.4 Å². The van der Waals surface area contributed by atoms with Gasteiger partial charge in [-0.2, -0.15) is 0 Å². The van der Waals surface area contributed by atoms with Gasteiger partial charge < -0.3 is 0 Å². The highest BCUT2D eigenvalue weighted by Gasteiger charge is 2.27. The van der Waals surface area contributed by atoms with Gasteiger partial charge in [0.2, 0.25) is 0 Å². The van der Waals surface area contributed by atoms with Crippen LogP contribution in [0.2, 0.25) is 0 Å². The van der Waals surface area contributed by atoms with Crippen molar-refractivity contribution in [1.29, 1.82) is 0 Å². The van der Waals surface area contributed by atoms with Gasteiger partial charge >= 0.3 is 0 Å². The summed E-state index contributed by atoms with van der Waals surface area (Å²) in [6.07, 6.45) is 15.8. The van der Waals surface area contributed by atoms with Crippen molar-refractivity contribution in [1.82, 2.24) is 9.97 Å². The van der Waals surface area contributed by atoms with Gasteiger partial charge in [0, 0.05) is 37.5 Å². The molecule has 4 heteroatoms. The number of nitrogens with zero attached hydrogens (tertiary/aromatic N) is 2. The lowest BCUT2D eigenvalue weighted by Crippen LogP contribution is -2.21. The number of allylic oxidation sites excluding steroid dienone is 1. The summed E-state index contributed by atoms with van der Waals surface area (Å²) in [5, 5.41) is 0. The number of ketones is 2. The smallest absolute Gasteiger partial charge is 0.167 e. The van der Waals surface area contributed by atoms with Crippen molar-refractivity contribution in [3.8, 4) is 11.3 Å². The van der Waals surface area contributed by atoms with E-state index < -0.39 is 0 Å². The topological polar surface area (TPSA) is 59.9 Å². The maximum atomic E-state index is 13.0. The van der Waals surface area contributed by atoms with Gasteiger partial charge in [0.15, 0.2) is 5.78 Å². The highest BCUT2D eigenvalue weighted by molar-refractivity contribution is 6.04. The Kier molecular flexibility index (Phi) is 10.2. The van der Waals surface area contributed by atoms with Gasteiger partial charge in [0.1, 0.15) is 5.78 Å². The van der Waals surface area contributed by atoms with Crippen LogP contribution in [0.15, 0.2) is 48.8 Å². The third-order valence-corrected chi connectivity index (χ3v) is 8.31. The molecule has 2 aliphatic rings. The van der Waals surface area contributed by atoms with Gasteiger partial charge in [-0.25, -0.2) is 4.98 Å². The van der Waals surface area contributed by atoms with E-state index in [1.165, 1.54) is 16.7 Å². The second-order valence-corrected chi connectivity index (χ2v) is 11.2. The van der Waals surface area contributed by atoms with Crippen LogP contribution in [0.25, 0.3) is 17.3 Å². The fourth-order valence-corrected chi connectivity index (χ4v) is 6.29. The zero-order valence-corrected chi connectivity index (χ0v) is 24.9. The Morgan fingerprint density at radius 1 is 1.02 bits per heavy atom. The number of rotatable bonds is 8. The second kappa shape index (κ2) is 13.8. The average Bonchev–Trinajstić information content (AvgIpc) is 2.97. The summed E-state index contributed by atoms with van der Waals surface area (Å²) in [6.45, 7) is 10.3. The van der Waals surface area contributed by atoms with Gasteiger partial charge in [0.25, 0.3) is 0 Å². The summed E-state index contributed by atoms with van der Waals surface area (Å²) in [6, 6.07) is 11.0. The molecule has 0 radical (unpaired) electrons. The Morgan fingerprint density at radius 3 is 2.50 bits per heavy atom. The Hall–Kier alpha value is -3.40. The Bertz CT molecular complexity index is 1390. The molecule has 2 aliphatic carbocycles. The quantitative estimate of drug-likeness (QED) is 0.287. The molecule has 1 fully saturated rings. The van der Waals surface area contributed by atoms with Crippen molar-refractivity contribution < 1.29 is 11.0 Å². The minimum atomic E-state index is 0. The molecule has 40 heavy (non-hydrogen) atoms. The minimum absolute atomic E-state index is 0. The number of carbonyl (C=O) groups is 2. The minimum Gasteiger partial charge on any atom is -0.299 e. The van der Waals surface area contributed by atoms with Crippen LogP contribution in [0.5, 0.6) is 0 Å². The Balaban J connectivity index is 0.00000151. The first-order chi connectivity index (χ1) is 19.4. The van der Waals surface area contributed by atoms with E-state index >= 15 is 0 Å². The molecule has 4 nitrogen and oxygen atoms in total. The normalized spacial score (nSPS) is 18.1. The molecule has 212 valence electrons. The molecule has 0 unspecified atom stereocenters. The number of Topliss-reactive ketones (excluding diaryl/α,β-unsaturated/α-hetero) is 2. The van der Waals surface area contributed by atoms with Crippen LogP contribution >= 0.6 is 0 Å². The number of fused-ring (bicyclic) bond motifs is 1. The maximum absolute atomic E-state index is 13.0. The van der Waals surface area contributed by atoms with Gasteiger partial charge in [-0.05, 0) is 98.2 Å². The van der Waals surface area contributed by atoms with E-state index in [9.17, 15) is 9.59 Å². The molecule has 3 aromatic rings. The van der Waals surface area contributed by atoms with Gasteiger partial charge in [-0.3, -0.25) is 14.6 Å². The summed E-state index contributed by atoms with van der Waals surface area (Å²) < 4.78 is 0. The third-order valence-electron chi connectivity index (χ3n) is 8.31. The monoisotopic (exact) mass is 538 g/mol. The lowest BCUT2D eigenvalue weighted by atomic mass is 9.75. The highest BCUT2D eigenvalue weighted by atomic mass is 16.1. The number of hydrogen-bond donors (Lipinski definition) is 0. The molecule has 0 saturated heterocycles. The first-order valence-electron chi connectivity index (χ1n) is 15.2. The van der Waals surface area contributed by atoms with Crippen LogP contribution in [0.1, 0.15) is 123 Å². The fraction of sp³-hybridized carbons (Fsp3) is 0.444. The van der Waals surface area contributed by atoms with E-state index in [1.807, 2.05) is 26.8 Å². The van der Waals surface area contributed by atoms with Crippen LogP contribution in [0.3, 0.4) is 0 Å². The molecule has 1 heterocycles. The molecule has 2 aromatic carbocycles. The molecule has 0 amide bonds. The highest BCUT2D eigenvalue weighted by Crippen LogP contribution is 2.38. The maximum Gasteiger partial charge on any atom is 0.167 e. The molecule has 0 atom stereocenters. The van der Waals surface area contributed by atoms with Crippen molar-refractivity contribution in [3.05, 3.63) is 87.9 Å². The standard InChI is InChI=1S/C34H38N2O2.C2H6.H2/c1-4-5-8-32(37)26-13-11-25(12-14-26)30-15-10-24(16-22(30)2)17-29-19-28(31-21-35-20-23(3)36-31)18-27-7-6-9-33(38)34(27)29;1-2;/h6-7,10,15-16,18-21,25-26H,4-5,8-9,11-14,17H2,1-3H3;1-2H3;1H. The zero-order chi connectivity index (χ0) is 28.6. The molecular formula is C36H46N2O2. The molecule has 1 aromatic heterocycles. The SMILES string of the molecule is CC.CCCCC(=O)C1CCC(c2ccc(Cc3cc(-c4cncc(C)n4)cc4c3C(=O)CC=C4)cc2C)CC1.[HH]. The van der Waals surface area contributed by atoms with E-state index in [0.717, 1.165) is 78.6 Å². The number of unbranched alkanes of at least 4 members (excludes halogenated alkanes) is 1. The number of hydrogen-bond acceptors (Lipinski definition) is 4. The Labute approximate surface area is 241 Å². The van der Waals surface area contributed by atoms with Crippen LogP contribution in [-0.4, -0.2) is 21.5 Å². The van der Waals surface area contributed by atoms with Crippen LogP contribution in [0.4, 0.5) is 0 Å². The summed E-state index contributed by atoms with van der Waals surface area (Å²) in [4.78, 5) is 34.5. The lowest BCUT2D eigenvalue weighted by molar-refractivity contribution is -0.124. The first-order valence-corrected chi connectivity index (χ1v) is 15.2. The van der Waals surface area contributed by atoms with E-state index in [4.69, 9.17) is 0 Å². The van der Waals surface area contributed by atoms with Crippen molar-refractivity contribution >= 4 is 17.6 Å². The second-order valence-electron chi connectivity index (χ2n) is 11.2. The number of aromatic nitrogens is 2. The summed E-state index contributed by atoms with van der Waals surface area (Å²) in [7, 11) is 0. The number of aryl methyl sites for hydroxylation is 2. The van der Waals surface area contributed by atoms with E-state index in [-0.39, 0.29) is 13.1 Å². The van der Waals surface area contributed by atoms with Crippen molar-refractivity contribution in [2.24, 2.45) is 5.92 Å². The summed E-state index contributed by atoms with van der Waals surface area (Å²) in [5.74, 6) is 1.45. The third kappa shape index (κ3) is 6.83. The predicted octanol–water partition coefficient (Wildman–Crippen LogP) is 9.26. The predicted molar refractivity (Wildman–Crippen MR) is 167 cm³/mol. The van der Waals surface area contributed by atoms with Crippen LogP contribution in [-0.2, 0) is 11.2 Å². The summed E-state index contributed by atoms with van der Waals surface area (Å²) in [5.41, 5.74) is 9.49. The summed E-state index contributed by atoms with van der Waals surface area (Å²) >= 11 is 0. The molecular weight excluding hydrogens is 492 g/mol. The number of carbonyl (C=O) groups excluding carboxylic acids is 2. The van der Waals surface area contributed by atoms with Crippen LogP contribution in [0, 0.1) is 19.8 Å². The van der Waals surface area contributed by atoms with Gasteiger partial charge in [-0.1, -0.05) is 57.5 Å². The molecule has 0 aliphatic heterocycles. The van der Waals surface area contributed by atoms with Crippen molar-refractivity contribution in [3.63, 3.8) is 0 Å². The first kappa shape index (κ1) is 29.6. The van der Waals surface area contributed by atoms with Crippen LogP contribution < -0.4 is 0 Å². The number of benzene rings is 2. The van der Waals surface area contributed by atoms with Crippen molar-refractivity contribution in [2.45, 2.75) is 98.3 Å². The van der Waals surface area contributed by atoms with E-state index in [0.29, 0.717) is 24.5 Å². The molecule has 5 rings (SSSR count). The average molecular weight is 539 g/mol. The molecule has 0 bridgehead atoms. The Morgan fingerprint density at radius 2 is 1.80 bits per heavy atom. The molecule has 0 spiro atoms. The zero-order valence-electron chi connectivity index (χ0n) is 24.9. The lowest BCUT2D eigenvalue weighted by Gasteiger charge is -2.29. The molecule has 1 saturated carbocycles.